The highest BCUT2D eigenvalue weighted by Gasteiger charge is 2.35. The van der Waals surface area contributed by atoms with Crippen molar-refractivity contribution in [1.29, 1.82) is 0 Å². The number of ether oxygens (including phenoxy) is 1. The lowest BCUT2D eigenvalue weighted by Gasteiger charge is -2.21. The fraction of sp³-hybridized carbons (Fsp3) is 0.538. The molecule has 0 amide bonds. The highest BCUT2D eigenvalue weighted by Crippen LogP contribution is 2.44. The zero-order valence-corrected chi connectivity index (χ0v) is 10.5. The van der Waals surface area contributed by atoms with Crippen molar-refractivity contribution in [1.82, 2.24) is 0 Å². The Morgan fingerprint density at radius 2 is 2.13 bits per heavy atom. The van der Waals surface area contributed by atoms with Crippen LogP contribution in [0.2, 0.25) is 5.02 Å². The average molecular weight is 225 g/mol. The van der Waals surface area contributed by atoms with Crippen LogP contribution >= 0.6 is 11.6 Å². The van der Waals surface area contributed by atoms with Gasteiger partial charge >= 0.3 is 0 Å². The Morgan fingerprint density at radius 1 is 1.47 bits per heavy atom. The summed E-state index contributed by atoms with van der Waals surface area (Å²) in [5.41, 5.74) is 3.81. The summed E-state index contributed by atoms with van der Waals surface area (Å²) in [6.45, 7) is 8.55. The number of aryl methyl sites for hydroxylation is 1. The molecule has 1 atom stereocenters. The Bertz CT molecular complexity index is 411. The predicted octanol–water partition coefficient (Wildman–Crippen LogP) is 4.06. The first-order valence-electron chi connectivity index (χ1n) is 5.44. The van der Waals surface area contributed by atoms with Gasteiger partial charge in [-0.3, -0.25) is 0 Å². The lowest BCUT2D eigenvalue weighted by molar-refractivity contribution is 0.112. The molecule has 1 nitrogen and oxygen atoms in total. The Hall–Kier alpha value is -0.690. The molecule has 15 heavy (non-hydrogen) atoms. The summed E-state index contributed by atoms with van der Waals surface area (Å²) in [5.74, 6) is 0.907. The van der Waals surface area contributed by atoms with E-state index in [9.17, 15) is 0 Å². The fourth-order valence-corrected chi connectivity index (χ4v) is 2.41. The second kappa shape index (κ2) is 3.41. The van der Waals surface area contributed by atoms with Crippen LogP contribution in [0.3, 0.4) is 0 Å². The van der Waals surface area contributed by atoms with Crippen LogP contribution in [0.1, 0.15) is 37.0 Å². The van der Waals surface area contributed by atoms with Gasteiger partial charge in [0.2, 0.25) is 0 Å². The summed E-state index contributed by atoms with van der Waals surface area (Å²) >= 11 is 6.21. The number of hydrogen-bond acceptors (Lipinski definition) is 1. The van der Waals surface area contributed by atoms with Gasteiger partial charge in [-0.1, -0.05) is 18.5 Å². The molecule has 2 heteroatoms. The summed E-state index contributed by atoms with van der Waals surface area (Å²) in [6, 6.07) is 2.00. The van der Waals surface area contributed by atoms with Crippen molar-refractivity contribution in [3.8, 4) is 5.75 Å². The fourth-order valence-electron chi connectivity index (χ4n) is 2.09. The molecule has 0 aromatic heterocycles. The van der Waals surface area contributed by atoms with Crippen molar-refractivity contribution in [2.24, 2.45) is 0 Å². The molecule has 1 aromatic carbocycles. The Kier molecular flexibility index (Phi) is 2.46. The minimum Gasteiger partial charge on any atom is -0.485 e. The van der Waals surface area contributed by atoms with Crippen LogP contribution in [0.5, 0.6) is 5.75 Å². The van der Waals surface area contributed by atoms with E-state index in [0.717, 1.165) is 23.6 Å². The molecule has 82 valence electrons. The Labute approximate surface area is 96.4 Å². The van der Waals surface area contributed by atoms with E-state index in [1.54, 1.807) is 0 Å². The van der Waals surface area contributed by atoms with Crippen molar-refractivity contribution in [2.45, 2.75) is 46.1 Å². The molecular formula is C13H17ClO. The van der Waals surface area contributed by atoms with Crippen LogP contribution < -0.4 is 4.74 Å². The highest BCUT2D eigenvalue weighted by atomic mass is 35.5. The molecule has 0 saturated carbocycles. The zero-order chi connectivity index (χ0) is 11.2. The first-order chi connectivity index (χ1) is 6.97. The summed E-state index contributed by atoms with van der Waals surface area (Å²) in [4.78, 5) is 0. The summed E-state index contributed by atoms with van der Waals surface area (Å²) < 4.78 is 5.98. The van der Waals surface area contributed by atoms with E-state index in [1.165, 1.54) is 16.7 Å². The maximum atomic E-state index is 6.21. The molecule has 0 radical (unpaired) electrons. The van der Waals surface area contributed by atoms with E-state index in [2.05, 4.69) is 27.7 Å². The number of hydrogen-bond donors (Lipinski definition) is 0. The normalized spacial score (nSPS) is 23.8. The standard InChI is InChI=1S/C13H17ClO/c1-5-13(4)7-10-9(3)8(2)6-11(14)12(10)15-13/h6H,5,7H2,1-4H3. The Morgan fingerprint density at radius 3 is 2.73 bits per heavy atom. The summed E-state index contributed by atoms with van der Waals surface area (Å²) in [6.07, 6.45) is 1.99. The van der Waals surface area contributed by atoms with E-state index in [0.29, 0.717) is 0 Å². The second-order valence-corrected chi connectivity index (χ2v) is 5.10. The first kappa shape index (κ1) is 10.8. The van der Waals surface area contributed by atoms with E-state index in [1.807, 2.05) is 6.07 Å². The molecule has 1 aromatic rings. The minimum atomic E-state index is -0.0650. The second-order valence-electron chi connectivity index (χ2n) is 4.69. The van der Waals surface area contributed by atoms with Crippen molar-refractivity contribution in [2.75, 3.05) is 0 Å². The number of fused-ring (bicyclic) bond motifs is 1. The van der Waals surface area contributed by atoms with Crippen molar-refractivity contribution < 1.29 is 4.74 Å². The molecule has 0 spiro atoms. The number of benzene rings is 1. The van der Waals surface area contributed by atoms with Gasteiger partial charge in [0.05, 0.1) is 5.02 Å². The minimum absolute atomic E-state index is 0.0650. The van der Waals surface area contributed by atoms with Crippen molar-refractivity contribution in [3.63, 3.8) is 0 Å². The van der Waals surface area contributed by atoms with E-state index < -0.39 is 0 Å². The third-order valence-electron chi connectivity index (χ3n) is 3.53. The third kappa shape index (κ3) is 1.63. The number of halogens is 1. The van der Waals surface area contributed by atoms with Gasteiger partial charge < -0.3 is 4.74 Å². The first-order valence-corrected chi connectivity index (χ1v) is 5.82. The summed E-state index contributed by atoms with van der Waals surface area (Å²) in [7, 11) is 0. The molecule has 0 saturated heterocycles. The van der Waals surface area contributed by atoms with E-state index in [-0.39, 0.29) is 5.60 Å². The number of rotatable bonds is 1. The quantitative estimate of drug-likeness (QED) is 0.699. The lowest BCUT2D eigenvalue weighted by atomic mass is 9.93. The predicted molar refractivity (Wildman–Crippen MR) is 64.0 cm³/mol. The molecule has 0 N–H and O–H groups in total. The van der Waals surface area contributed by atoms with Crippen LogP contribution in [-0.2, 0) is 6.42 Å². The maximum absolute atomic E-state index is 6.21. The molecule has 0 fully saturated rings. The van der Waals surface area contributed by atoms with Gasteiger partial charge in [-0.05, 0) is 44.4 Å². The van der Waals surface area contributed by atoms with Gasteiger partial charge in [-0.25, -0.2) is 0 Å². The van der Waals surface area contributed by atoms with Crippen LogP contribution in [-0.4, -0.2) is 5.60 Å². The largest absolute Gasteiger partial charge is 0.485 e. The maximum Gasteiger partial charge on any atom is 0.142 e. The average Bonchev–Trinajstić information content (AvgIpc) is 2.55. The molecular weight excluding hydrogens is 208 g/mol. The van der Waals surface area contributed by atoms with Gasteiger partial charge in [0.25, 0.3) is 0 Å². The van der Waals surface area contributed by atoms with Gasteiger partial charge in [0.15, 0.2) is 0 Å². The van der Waals surface area contributed by atoms with Gasteiger partial charge in [-0.15, -0.1) is 0 Å². The van der Waals surface area contributed by atoms with E-state index in [4.69, 9.17) is 16.3 Å². The van der Waals surface area contributed by atoms with Gasteiger partial charge in [0.1, 0.15) is 11.4 Å². The molecule has 1 aliphatic heterocycles. The zero-order valence-electron chi connectivity index (χ0n) is 9.78. The smallest absolute Gasteiger partial charge is 0.142 e. The Balaban J connectivity index is 2.54. The van der Waals surface area contributed by atoms with E-state index >= 15 is 0 Å². The van der Waals surface area contributed by atoms with Crippen LogP contribution in [0.4, 0.5) is 0 Å². The van der Waals surface area contributed by atoms with Crippen LogP contribution in [0, 0.1) is 13.8 Å². The molecule has 0 bridgehead atoms. The van der Waals surface area contributed by atoms with Crippen LogP contribution in [0.25, 0.3) is 0 Å². The van der Waals surface area contributed by atoms with Crippen LogP contribution in [0.15, 0.2) is 6.07 Å². The monoisotopic (exact) mass is 224 g/mol. The van der Waals surface area contributed by atoms with Crippen molar-refractivity contribution in [3.05, 3.63) is 27.8 Å². The third-order valence-corrected chi connectivity index (χ3v) is 3.81. The summed E-state index contributed by atoms with van der Waals surface area (Å²) in [5, 5.41) is 0.755. The van der Waals surface area contributed by atoms with Gasteiger partial charge in [0, 0.05) is 12.0 Å². The lowest BCUT2D eigenvalue weighted by Crippen LogP contribution is -2.28. The van der Waals surface area contributed by atoms with Crippen molar-refractivity contribution >= 4 is 11.6 Å². The van der Waals surface area contributed by atoms with Gasteiger partial charge in [-0.2, -0.15) is 0 Å². The molecule has 0 aliphatic carbocycles. The molecule has 1 aliphatic rings. The molecule has 1 heterocycles. The highest BCUT2D eigenvalue weighted by molar-refractivity contribution is 6.32. The SMILES string of the molecule is CCC1(C)Cc2c(C)c(C)cc(Cl)c2O1. The molecule has 2 rings (SSSR count). The molecule has 1 unspecified atom stereocenters. The topological polar surface area (TPSA) is 9.23 Å².